The van der Waals surface area contributed by atoms with Crippen molar-refractivity contribution in [2.75, 3.05) is 13.2 Å². The zero-order chi connectivity index (χ0) is 13.4. The maximum atomic E-state index is 11.1. The Hall–Kier alpha value is -2.04. The van der Waals surface area contributed by atoms with Crippen LogP contribution in [-0.4, -0.2) is 30.1 Å². The molecule has 0 saturated carbocycles. The Morgan fingerprint density at radius 3 is 2.44 bits per heavy atom. The smallest absolute Gasteiger partial charge is 0.344 e. The van der Waals surface area contributed by atoms with E-state index in [2.05, 4.69) is 5.16 Å². The number of esters is 1. The Morgan fingerprint density at radius 1 is 1.28 bits per heavy atom. The minimum absolute atomic E-state index is 0.109. The van der Waals surface area contributed by atoms with Crippen molar-refractivity contribution in [1.29, 1.82) is 0 Å². The molecule has 0 aliphatic carbocycles. The zero-order valence-electron chi connectivity index (χ0n) is 10.5. The van der Waals surface area contributed by atoms with E-state index in [1.807, 2.05) is 6.92 Å². The number of carbonyl (C=O) groups is 1. The molecule has 5 heteroatoms. The van der Waals surface area contributed by atoms with Gasteiger partial charge in [-0.1, -0.05) is 12.1 Å². The van der Waals surface area contributed by atoms with Gasteiger partial charge in [-0.05, 0) is 43.2 Å². The van der Waals surface area contributed by atoms with Crippen LogP contribution in [-0.2, 0) is 9.53 Å². The van der Waals surface area contributed by atoms with Crippen LogP contribution in [0.25, 0.3) is 0 Å². The highest BCUT2D eigenvalue weighted by molar-refractivity contribution is 6.00. The van der Waals surface area contributed by atoms with Gasteiger partial charge in [0.15, 0.2) is 6.61 Å². The highest BCUT2D eigenvalue weighted by Gasteiger charge is 2.05. The molecule has 0 heterocycles. The summed E-state index contributed by atoms with van der Waals surface area (Å²) in [6, 6.07) is 6.99. The molecular weight excluding hydrogens is 234 g/mol. The number of carbonyl (C=O) groups excluding carboxylic acids is 1. The summed E-state index contributed by atoms with van der Waals surface area (Å²) in [5.74, 6) is 0.174. The predicted octanol–water partition coefficient (Wildman–Crippen LogP) is 2.22. The fraction of sp³-hybridized carbons (Fsp3) is 0.385. The van der Waals surface area contributed by atoms with Gasteiger partial charge in [0.1, 0.15) is 5.75 Å². The summed E-state index contributed by atoms with van der Waals surface area (Å²) in [6.45, 7) is 3.88. The normalized spacial score (nSPS) is 11.1. The van der Waals surface area contributed by atoms with Gasteiger partial charge in [-0.15, -0.1) is 0 Å². The molecule has 0 amide bonds. The number of rotatable bonds is 6. The van der Waals surface area contributed by atoms with Crippen LogP contribution >= 0.6 is 0 Å². The summed E-state index contributed by atoms with van der Waals surface area (Å²) < 4.78 is 9.99. The van der Waals surface area contributed by atoms with Crippen LogP contribution in [0.4, 0.5) is 0 Å². The zero-order valence-corrected chi connectivity index (χ0v) is 10.5. The first-order valence-electron chi connectivity index (χ1n) is 5.81. The molecule has 0 aliphatic rings. The van der Waals surface area contributed by atoms with Gasteiger partial charge in [-0.3, -0.25) is 0 Å². The summed E-state index contributed by atoms with van der Waals surface area (Å²) in [6.07, 6.45) is 0.638. The number of benzene rings is 1. The van der Waals surface area contributed by atoms with Gasteiger partial charge < -0.3 is 14.7 Å². The van der Waals surface area contributed by atoms with Crippen molar-refractivity contribution < 1.29 is 19.5 Å². The van der Waals surface area contributed by atoms with Crippen molar-refractivity contribution in [2.24, 2.45) is 5.16 Å². The number of hydrogen-bond acceptors (Lipinski definition) is 5. The fourth-order valence-electron chi connectivity index (χ4n) is 1.42. The van der Waals surface area contributed by atoms with Crippen LogP contribution < -0.4 is 4.74 Å². The average Bonchev–Trinajstić information content (AvgIpc) is 2.39. The number of oxime groups is 1. The summed E-state index contributed by atoms with van der Waals surface area (Å²) in [7, 11) is 0. The number of ether oxygens (including phenoxy) is 2. The second kappa shape index (κ2) is 7.32. The Kier molecular flexibility index (Phi) is 5.70. The molecule has 5 nitrogen and oxygen atoms in total. The second-order valence-corrected chi connectivity index (χ2v) is 3.52. The maximum absolute atomic E-state index is 11.1. The highest BCUT2D eigenvalue weighted by Crippen LogP contribution is 2.13. The minimum atomic E-state index is -0.396. The molecule has 0 unspecified atom stereocenters. The third kappa shape index (κ3) is 4.08. The van der Waals surface area contributed by atoms with E-state index in [9.17, 15) is 4.79 Å². The van der Waals surface area contributed by atoms with Crippen molar-refractivity contribution in [3.63, 3.8) is 0 Å². The predicted molar refractivity (Wildman–Crippen MR) is 67.2 cm³/mol. The summed E-state index contributed by atoms with van der Waals surface area (Å²) in [5, 5.41) is 12.0. The summed E-state index contributed by atoms with van der Waals surface area (Å²) >= 11 is 0. The third-order valence-electron chi connectivity index (χ3n) is 2.31. The van der Waals surface area contributed by atoms with Crippen LogP contribution in [0.15, 0.2) is 29.4 Å². The van der Waals surface area contributed by atoms with Crippen LogP contribution in [0.3, 0.4) is 0 Å². The van der Waals surface area contributed by atoms with Gasteiger partial charge in [-0.25, -0.2) is 4.79 Å². The van der Waals surface area contributed by atoms with Crippen molar-refractivity contribution >= 4 is 11.7 Å². The molecule has 18 heavy (non-hydrogen) atoms. The monoisotopic (exact) mass is 251 g/mol. The third-order valence-corrected chi connectivity index (χ3v) is 2.31. The molecule has 0 saturated heterocycles. The Labute approximate surface area is 106 Å². The maximum Gasteiger partial charge on any atom is 0.344 e. The first-order chi connectivity index (χ1) is 8.71. The van der Waals surface area contributed by atoms with E-state index in [0.29, 0.717) is 24.5 Å². The molecule has 0 atom stereocenters. The van der Waals surface area contributed by atoms with Crippen molar-refractivity contribution in [2.45, 2.75) is 20.3 Å². The van der Waals surface area contributed by atoms with Crippen LogP contribution in [0, 0.1) is 0 Å². The molecule has 1 rings (SSSR count). The van der Waals surface area contributed by atoms with E-state index in [1.165, 1.54) is 0 Å². The molecule has 0 aliphatic heterocycles. The molecule has 1 aromatic rings. The van der Waals surface area contributed by atoms with Crippen molar-refractivity contribution in [3.05, 3.63) is 29.8 Å². The SMILES string of the molecule is CCOC(=O)COc1ccc(/C(CC)=N/O)cc1. The van der Waals surface area contributed by atoms with E-state index in [0.717, 1.165) is 5.56 Å². The van der Waals surface area contributed by atoms with Crippen LogP contribution in [0.5, 0.6) is 5.75 Å². The molecule has 0 spiro atoms. The van der Waals surface area contributed by atoms with Crippen LogP contribution in [0.1, 0.15) is 25.8 Å². The lowest BCUT2D eigenvalue weighted by molar-refractivity contribution is -0.145. The van der Waals surface area contributed by atoms with Crippen molar-refractivity contribution in [3.8, 4) is 5.75 Å². The summed E-state index contributed by atoms with van der Waals surface area (Å²) in [5.41, 5.74) is 1.43. The van der Waals surface area contributed by atoms with Gasteiger partial charge >= 0.3 is 5.97 Å². The minimum Gasteiger partial charge on any atom is -0.482 e. The lowest BCUT2D eigenvalue weighted by atomic mass is 10.1. The quantitative estimate of drug-likeness (QED) is 0.364. The number of nitrogens with zero attached hydrogens (tertiary/aromatic N) is 1. The van der Waals surface area contributed by atoms with Gasteiger partial charge in [0.2, 0.25) is 0 Å². The molecule has 0 radical (unpaired) electrons. The van der Waals surface area contributed by atoms with E-state index in [-0.39, 0.29) is 6.61 Å². The fourth-order valence-corrected chi connectivity index (χ4v) is 1.42. The first kappa shape index (κ1) is 14.0. The van der Waals surface area contributed by atoms with Gasteiger partial charge in [0.05, 0.1) is 12.3 Å². The second-order valence-electron chi connectivity index (χ2n) is 3.52. The average molecular weight is 251 g/mol. The molecule has 0 aromatic heterocycles. The lowest BCUT2D eigenvalue weighted by Gasteiger charge is -2.07. The molecular formula is C13H17NO4. The first-order valence-corrected chi connectivity index (χ1v) is 5.81. The lowest BCUT2D eigenvalue weighted by Crippen LogP contribution is -2.14. The van der Waals surface area contributed by atoms with Gasteiger partial charge in [0, 0.05) is 0 Å². The Balaban J connectivity index is 2.58. The Bertz CT molecular complexity index is 412. The van der Waals surface area contributed by atoms with Gasteiger partial charge in [0.25, 0.3) is 0 Å². The van der Waals surface area contributed by atoms with E-state index in [4.69, 9.17) is 14.7 Å². The summed E-state index contributed by atoms with van der Waals surface area (Å²) in [4.78, 5) is 11.1. The number of hydrogen-bond donors (Lipinski definition) is 1. The molecule has 98 valence electrons. The van der Waals surface area contributed by atoms with E-state index >= 15 is 0 Å². The molecule has 1 aromatic carbocycles. The molecule has 0 bridgehead atoms. The Morgan fingerprint density at radius 2 is 1.94 bits per heavy atom. The van der Waals surface area contributed by atoms with Crippen LogP contribution in [0.2, 0.25) is 0 Å². The highest BCUT2D eigenvalue weighted by atomic mass is 16.6. The topological polar surface area (TPSA) is 68.1 Å². The van der Waals surface area contributed by atoms with Gasteiger partial charge in [-0.2, -0.15) is 0 Å². The van der Waals surface area contributed by atoms with E-state index < -0.39 is 5.97 Å². The standard InChI is InChI=1S/C13H17NO4/c1-3-12(14-16)10-5-7-11(8-6-10)18-9-13(15)17-4-2/h5-8,16H,3-4,9H2,1-2H3/b14-12+. The van der Waals surface area contributed by atoms with Crippen molar-refractivity contribution in [1.82, 2.24) is 0 Å². The molecule has 1 N–H and O–H groups in total. The molecule has 0 fully saturated rings. The largest absolute Gasteiger partial charge is 0.482 e. The van der Waals surface area contributed by atoms with E-state index in [1.54, 1.807) is 31.2 Å².